The lowest BCUT2D eigenvalue weighted by Crippen LogP contribution is -2.71. The minimum absolute atomic E-state index is 0.156. The molecule has 0 aromatic rings. The molecule has 3 fully saturated rings. The minimum Gasteiger partial charge on any atom is -0.396 e. The Labute approximate surface area is 167 Å². The van der Waals surface area contributed by atoms with Crippen LogP contribution in [0.1, 0.15) is 34.1 Å². The van der Waals surface area contributed by atoms with Gasteiger partial charge in [0.15, 0.2) is 11.4 Å². The second-order valence-corrected chi connectivity index (χ2v) is 9.75. The van der Waals surface area contributed by atoms with Crippen LogP contribution >= 0.6 is 0 Å². The van der Waals surface area contributed by atoms with Crippen LogP contribution in [0.3, 0.4) is 0 Å². The summed E-state index contributed by atoms with van der Waals surface area (Å²) < 4.78 is 0. The van der Waals surface area contributed by atoms with Gasteiger partial charge in [-0.25, -0.2) is 9.78 Å². The molecule has 9 atom stereocenters. The zero-order valence-electron chi connectivity index (χ0n) is 16.8. The molecule has 0 radical (unpaired) electrons. The first kappa shape index (κ1) is 21.0. The maximum absolute atomic E-state index is 13.1. The fourth-order valence-electron chi connectivity index (χ4n) is 6.03. The van der Waals surface area contributed by atoms with E-state index in [1.165, 1.54) is 13.8 Å². The number of carbonyl (C=O) groups is 2. The summed E-state index contributed by atoms with van der Waals surface area (Å²) in [5.41, 5.74) is -7.76. The number of hydrogen-bond acceptors (Lipinski definition) is 9. The SMILES string of the molecule is C[C@@H]1[C@H](O)C(=O)[C@@H]2[C@@H]3[C@H](OOC2(C)C)[C@H](CO)C[C@]2(O)C(=O)[C@@](C)(O)C=C2[C@]31O. The van der Waals surface area contributed by atoms with Crippen LogP contribution in [-0.2, 0) is 19.4 Å². The third-order valence-corrected chi connectivity index (χ3v) is 7.50. The van der Waals surface area contributed by atoms with Gasteiger partial charge in [-0.1, -0.05) is 6.92 Å². The van der Waals surface area contributed by atoms with Crippen molar-refractivity contribution in [2.24, 2.45) is 23.7 Å². The van der Waals surface area contributed by atoms with Gasteiger partial charge in [0, 0.05) is 29.9 Å². The van der Waals surface area contributed by atoms with Crippen LogP contribution in [0.5, 0.6) is 0 Å². The van der Waals surface area contributed by atoms with Crippen LogP contribution < -0.4 is 0 Å². The number of hydrogen-bond donors (Lipinski definition) is 5. The normalized spacial score (nSPS) is 53.8. The molecule has 9 nitrogen and oxygen atoms in total. The van der Waals surface area contributed by atoms with Crippen molar-refractivity contribution in [1.29, 1.82) is 0 Å². The average Bonchev–Trinajstić information content (AvgIpc) is 2.77. The van der Waals surface area contributed by atoms with Crippen molar-refractivity contribution in [3.8, 4) is 0 Å². The summed E-state index contributed by atoms with van der Waals surface area (Å²) in [6, 6.07) is 0. The van der Waals surface area contributed by atoms with E-state index in [-0.39, 0.29) is 12.0 Å². The first-order valence-corrected chi connectivity index (χ1v) is 9.86. The molecule has 3 aliphatic carbocycles. The molecule has 5 N–H and O–H groups in total. The fraction of sp³-hybridized carbons (Fsp3) is 0.800. The van der Waals surface area contributed by atoms with Gasteiger partial charge in [0.2, 0.25) is 5.78 Å². The number of carbonyl (C=O) groups excluding carboxylic acids is 2. The molecule has 9 heteroatoms. The van der Waals surface area contributed by atoms with Gasteiger partial charge >= 0.3 is 0 Å². The zero-order valence-corrected chi connectivity index (χ0v) is 16.8. The Bertz CT molecular complexity index is 802. The Morgan fingerprint density at radius 2 is 1.79 bits per heavy atom. The van der Waals surface area contributed by atoms with Crippen LogP contribution in [-0.4, -0.2) is 78.3 Å². The fourth-order valence-corrected chi connectivity index (χ4v) is 6.03. The molecule has 29 heavy (non-hydrogen) atoms. The highest BCUT2D eigenvalue weighted by atomic mass is 17.2. The van der Waals surface area contributed by atoms with E-state index in [4.69, 9.17) is 9.78 Å². The molecule has 0 bridgehead atoms. The van der Waals surface area contributed by atoms with Gasteiger partial charge in [0.1, 0.15) is 29.0 Å². The van der Waals surface area contributed by atoms with E-state index < -0.39 is 76.5 Å². The lowest BCUT2D eigenvalue weighted by molar-refractivity contribution is -0.444. The molecule has 1 aliphatic heterocycles. The second-order valence-electron chi connectivity index (χ2n) is 9.75. The highest BCUT2D eigenvalue weighted by Gasteiger charge is 2.74. The first-order valence-electron chi connectivity index (χ1n) is 9.86. The Kier molecular flexibility index (Phi) is 4.31. The number of fused-ring (bicyclic) bond motifs is 2. The van der Waals surface area contributed by atoms with Crippen molar-refractivity contribution in [1.82, 2.24) is 0 Å². The van der Waals surface area contributed by atoms with Gasteiger partial charge in [-0.2, -0.15) is 0 Å². The van der Waals surface area contributed by atoms with Gasteiger partial charge in [-0.15, -0.1) is 0 Å². The lowest BCUT2D eigenvalue weighted by Gasteiger charge is -2.58. The van der Waals surface area contributed by atoms with Crippen molar-refractivity contribution < 1.29 is 44.9 Å². The molecule has 162 valence electrons. The summed E-state index contributed by atoms with van der Waals surface area (Å²) >= 11 is 0. The maximum Gasteiger partial charge on any atom is 0.203 e. The minimum atomic E-state index is -2.28. The Morgan fingerprint density at radius 3 is 2.38 bits per heavy atom. The number of rotatable bonds is 1. The number of ketones is 2. The standard InChI is InChI=1S/C20H28O9/c1-8-13(22)14(23)11-12-15(28-29-17(11,2)3)9(7-21)5-19(26)10(20(8,12)27)6-18(4,25)16(19)24/h6,8-9,11-13,15,21-22,25-27H,5,7H2,1-4H3/t8-,9+,11+,12-,13+,15-,18+,19-,20+/m1/s1. The van der Waals surface area contributed by atoms with Gasteiger partial charge in [-0.05, 0) is 33.3 Å². The predicted molar refractivity (Wildman–Crippen MR) is 96.0 cm³/mol. The van der Waals surface area contributed by atoms with E-state index in [2.05, 4.69) is 0 Å². The van der Waals surface area contributed by atoms with Crippen molar-refractivity contribution in [3.63, 3.8) is 0 Å². The van der Waals surface area contributed by atoms with Crippen molar-refractivity contribution in [2.75, 3.05) is 6.61 Å². The van der Waals surface area contributed by atoms with E-state index in [0.717, 1.165) is 6.08 Å². The van der Waals surface area contributed by atoms with E-state index in [1.54, 1.807) is 13.8 Å². The Balaban J connectivity index is 2.03. The zero-order chi connectivity index (χ0) is 21.7. The molecule has 0 spiro atoms. The summed E-state index contributed by atoms with van der Waals surface area (Å²) in [5.74, 6) is -5.49. The molecule has 1 saturated heterocycles. The quantitative estimate of drug-likeness (QED) is 0.260. The number of Topliss-reactive ketones (excluding diaryl/α,β-unsaturated/α-hetero) is 2. The summed E-state index contributed by atoms with van der Waals surface area (Å²) in [7, 11) is 0. The van der Waals surface area contributed by atoms with Crippen molar-refractivity contribution in [3.05, 3.63) is 11.6 Å². The van der Waals surface area contributed by atoms with Crippen molar-refractivity contribution in [2.45, 2.75) is 68.7 Å². The average molecular weight is 412 g/mol. The van der Waals surface area contributed by atoms with Gasteiger partial charge in [0.25, 0.3) is 0 Å². The van der Waals surface area contributed by atoms with E-state index in [9.17, 15) is 35.1 Å². The molecule has 4 rings (SSSR count). The molecule has 2 saturated carbocycles. The number of aliphatic hydroxyl groups is 5. The monoisotopic (exact) mass is 412 g/mol. The highest BCUT2D eigenvalue weighted by Crippen LogP contribution is 2.60. The summed E-state index contributed by atoms with van der Waals surface area (Å²) in [5, 5.41) is 54.7. The molecule has 0 unspecified atom stereocenters. The predicted octanol–water partition coefficient (Wildman–Crippen LogP) is -1.36. The highest BCUT2D eigenvalue weighted by molar-refractivity contribution is 6.03. The lowest BCUT2D eigenvalue weighted by atomic mass is 9.53. The van der Waals surface area contributed by atoms with Crippen LogP contribution in [0.15, 0.2) is 11.6 Å². The largest absolute Gasteiger partial charge is 0.396 e. The van der Waals surface area contributed by atoms with Crippen LogP contribution in [0.4, 0.5) is 0 Å². The molecular weight excluding hydrogens is 384 g/mol. The van der Waals surface area contributed by atoms with Crippen molar-refractivity contribution >= 4 is 11.6 Å². The van der Waals surface area contributed by atoms with E-state index in [1.807, 2.05) is 0 Å². The van der Waals surface area contributed by atoms with Crippen LogP contribution in [0.25, 0.3) is 0 Å². The topological polar surface area (TPSA) is 154 Å². The smallest absolute Gasteiger partial charge is 0.203 e. The summed E-state index contributed by atoms with van der Waals surface area (Å²) in [6.45, 7) is 5.33. The Hall–Kier alpha value is -1.20. The van der Waals surface area contributed by atoms with E-state index in [0.29, 0.717) is 0 Å². The van der Waals surface area contributed by atoms with Crippen LogP contribution in [0, 0.1) is 23.7 Å². The molecule has 4 aliphatic rings. The molecular formula is C20H28O9. The third-order valence-electron chi connectivity index (χ3n) is 7.50. The third kappa shape index (κ3) is 2.40. The van der Waals surface area contributed by atoms with Crippen LogP contribution in [0.2, 0.25) is 0 Å². The number of aliphatic hydroxyl groups excluding tert-OH is 2. The first-order chi connectivity index (χ1) is 13.2. The van der Waals surface area contributed by atoms with E-state index >= 15 is 0 Å². The maximum atomic E-state index is 13.1. The molecule has 0 aromatic carbocycles. The summed E-state index contributed by atoms with van der Waals surface area (Å²) in [6.07, 6.45) is -1.82. The van der Waals surface area contributed by atoms with Gasteiger partial charge in [0.05, 0.1) is 5.92 Å². The Morgan fingerprint density at radius 1 is 1.17 bits per heavy atom. The molecule has 0 aromatic heterocycles. The molecule has 1 heterocycles. The second kappa shape index (κ2) is 5.94. The van der Waals surface area contributed by atoms with Gasteiger partial charge in [-0.3, -0.25) is 9.59 Å². The van der Waals surface area contributed by atoms with Gasteiger partial charge < -0.3 is 25.5 Å². The summed E-state index contributed by atoms with van der Waals surface area (Å²) in [4.78, 5) is 37.0. The molecule has 0 amide bonds.